The summed E-state index contributed by atoms with van der Waals surface area (Å²) in [4.78, 5) is 14.4. The molecule has 0 saturated carbocycles. The first-order valence-corrected chi connectivity index (χ1v) is 8.21. The van der Waals surface area contributed by atoms with E-state index in [4.69, 9.17) is 0 Å². The first kappa shape index (κ1) is 17.0. The maximum Gasteiger partial charge on any atom is 0.251 e. The van der Waals surface area contributed by atoms with E-state index in [0.717, 1.165) is 24.6 Å². The third kappa shape index (κ3) is 4.82. The van der Waals surface area contributed by atoms with Crippen LogP contribution in [0.15, 0.2) is 18.2 Å². The van der Waals surface area contributed by atoms with Crippen molar-refractivity contribution in [3.8, 4) is 0 Å². The topological polar surface area (TPSA) is 52.6 Å². The molecule has 1 amide bonds. The van der Waals surface area contributed by atoms with Crippen LogP contribution in [-0.2, 0) is 0 Å². The highest BCUT2D eigenvalue weighted by molar-refractivity contribution is 5.94. The van der Waals surface area contributed by atoms with Gasteiger partial charge in [0.2, 0.25) is 0 Å². The quantitative estimate of drug-likeness (QED) is 0.876. The number of hydrogen-bond acceptors (Lipinski definition) is 3. The molecule has 1 heterocycles. The summed E-state index contributed by atoms with van der Waals surface area (Å²) in [6.07, 6.45) is 1.88. The molecule has 0 aliphatic carbocycles. The highest BCUT2D eigenvalue weighted by Crippen LogP contribution is 2.16. The third-order valence-corrected chi connectivity index (χ3v) is 4.61. The Morgan fingerprint density at radius 3 is 2.64 bits per heavy atom. The van der Waals surface area contributed by atoms with Gasteiger partial charge in [-0.05, 0) is 69.0 Å². The second kappa shape index (κ2) is 7.75. The zero-order valence-electron chi connectivity index (χ0n) is 13.9. The van der Waals surface area contributed by atoms with Gasteiger partial charge < -0.3 is 15.3 Å². The lowest BCUT2D eigenvalue weighted by molar-refractivity contribution is 0.0795. The Kier molecular flexibility index (Phi) is 5.98. The average Bonchev–Trinajstić information content (AvgIpc) is 2.50. The van der Waals surface area contributed by atoms with Gasteiger partial charge in [0.1, 0.15) is 0 Å². The molecule has 1 atom stereocenters. The largest absolute Gasteiger partial charge is 0.390 e. The summed E-state index contributed by atoms with van der Waals surface area (Å²) in [7, 11) is 0. The fourth-order valence-electron chi connectivity index (χ4n) is 2.80. The molecule has 1 aromatic rings. The van der Waals surface area contributed by atoms with Gasteiger partial charge in [0.05, 0.1) is 6.10 Å². The fourth-order valence-corrected chi connectivity index (χ4v) is 2.80. The molecular weight excluding hydrogens is 276 g/mol. The van der Waals surface area contributed by atoms with E-state index in [2.05, 4.69) is 17.1 Å². The van der Waals surface area contributed by atoms with Gasteiger partial charge in [-0.2, -0.15) is 0 Å². The van der Waals surface area contributed by atoms with Crippen molar-refractivity contribution in [2.24, 2.45) is 5.92 Å². The van der Waals surface area contributed by atoms with Crippen LogP contribution in [0.2, 0.25) is 0 Å². The van der Waals surface area contributed by atoms with Gasteiger partial charge >= 0.3 is 0 Å². The number of amides is 1. The monoisotopic (exact) mass is 304 g/mol. The van der Waals surface area contributed by atoms with Gasteiger partial charge in [-0.1, -0.05) is 13.0 Å². The van der Waals surface area contributed by atoms with Crippen LogP contribution in [0.3, 0.4) is 0 Å². The summed E-state index contributed by atoms with van der Waals surface area (Å²) in [6.45, 7) is 9.33. The molecule has 122 valence electrons. The van der Waals surface area contributed by atoms with Gasteiger partial charge in [0.15, 0.2) is 0 Å². The smallest absolute Gasteiger partial charge is 0.251 e. The van der Waals surface area contributed by atoms with Crippen LogP contribution in [0.4, 0.5) is 0 Å². The van der Waals surface area contributed by atoms with Gasteiger partial charge in [0.25, 0.3) is 5.91 Å². The van der Waals surface area contributed by atoms with Crippen LogP contribution < -0.4 is 5.32 Å². The maximum atomic E-state index is 12.1. The summed E-state index contributed by atoms with van der Waals surface area (Å²) < 4.78 is 0. The number of hydrogen-bond donors (Lipinski definition) is 2. The molecule has 0 aromatic heterocycles. The second-order valence-corrected chi connectivity index (χ2v) is 6.65. The number of nitrogens with one attached hydrogen (secondary N) is 1. The lowest BCUT2D eigenvalue weighted by Crippen LogP contribution is -2.43. The number of carbonyl (C=O) groups is 1. The molecule has 4 nitrogen and oxygen atoms in total. The van der Waals surface area contributed by atoms with Gasteiger partial charge in [-0.15, -0.1) is 0 Å². The van der Waals surface area contributed by atoms with Gasteiger partial charge in [-0.3, -0.25) is 4.79 Å². The predicted molar refractivity (Wildman–Crippen MR) is 89.1 cm³/mol. The lowest BCUT2D eigenvalue weighted by atomic mass is 9.99. The number of aryl methyl sites for hydroxylation is 2. The minimum Gasteiger partial charge on any atom is -0.390 e. The maximum absolute atomic E-state index is 12.1. The van der Waals surface area contributed by atoms with Gasteiger partial charge in [0, 0.05) is 18.7 Å². The Balaban J connectivity index is 1.76. The van der Waals surface area contributed by atoms with E-state index in [1.54, 1.807) is 0 Å². The van der Waals surface area contributed by atoms with Crippen molar-refractivity contribution >= 4 is 5.91 Å². The first-order valence-electron chi connectivity index (χ1n) is 8.21. The van der Waals surface area contributed by atoms with E-state index in [-0.39, 0.29) is 5.91 Å². The van der Waals surface area contributed by atoms with Crippen molar-refractivity contribution in [2.45, 2.75) is 39.7 Å². The van der Waals surface area contributed by atoms with E-state index in [0.29, 0.717) is 18.7 Å². The number of benzene rings is 1. The molecule has 22 heavy (non-hydrogen) atoms. The number of aliphatic hydroxyl groups excluding tert-OH is 1. The van der Waals surface area contributed by atoms with Crippen LogP contribution in [0, 0.1) is 19.8 Å². The Hall–Kier alpha value is -1.39. The molecule has 1 saturated heterocycles. The van der Waals surface area contributed by atoms with Crippen molar-refractivity contribution in [3.63, 3.8) is 0 Å². The summed E-state index contributed by atoms with van der Waals surface area (Å²) in [5.41, 5.74) is 2.94. The summed E-state index contributed by atoms with van der Waals surface area (Å²) in [6, 6.07) is 5.68. The fraction of sp³-hybridized carbons (Fsp3) is 0.611. The molecule has 1 unspecified atom stereocenters. The molecule has 0 spiro atoms. The third-order valence-electron chi connectivity index (χ3n) is 4.61. The van der Waals surface area contributed by atoms with Crippen molar-refractivity contribution in [1.82, 2.24) is 10.2 Å². The van der Waals surface area contributed by atoms with E-state index >= 15 is 0 Å². The molecule has 1 aliphatic heterocycles. The van der Waals surface area contributed by atoms with Crippen molar-refractivity contribution in [1.29, 1.82) is 0 Å². The van der Waals surface area contributed by atoms with E-state index in [9.17, 15) is 9.90 Å². The predicted octanol–water partition coefficient (Wildman–Crippen LogP) is 2.13. The number of likely N-dealkylation sites (tertiary alicyclic amines) is 1. The Morgan fingerprint density at radius 2 is 2.00 bits per heavy atom. The SMILES string of the molecule is Cc1ccc(C(=O)NCC(O)CN2CCC(C)CC2)cc1C. The van der Waals surface area contributed by atoms with Crippen molar-refractivity contribution in [2.75, 3.05) is 26.2 Å². The molecule has 0 bridgehead atoms. The van der Waals surface area contributed by atoms with E-state index in [1.807, 2.05) is 32.0 Å². The summed E-state index contributed by atoms with van der Waals surface area (Å²) in [5, 5.41) is 12.9. The van der Waals surface area contributed by atoms with Crippen molar-refractivity contribution < 1.29 is 9.90 Å². The van der Waals surface area contributed by atoms with E-state index < -0.39 is 6.10 Å². The summed E-state index contributed by atoms with van der Waals surface area (Å²) in [5.74, 6) is 0.673. The standard InChI is InChI=1S/C18H28N2O2/c1-13-6-8-20(9-7-13)12-17(21)11-19-18(22)16-5-4-14(2)15(3)10-16/h4-5,10,13,17,21H,6-9,11-12H2,1-3H3,(H,19,22). The number of β-amino-alcohol motifs (C(OH)–C–C–N with tert-alkyl or cyclic N) is 1. The number of rotatable bonds is 5. The Bertz CT molecular complexity index is 508. The van der Waals surface area contributed by atoms with Crippen LogP contribution in [0.1, 0.15) is 41.3 Å². The number of aliphatic hydroxyl groups is 1. The Labute approximate surface area is 133 Å². The number of carbonyl (C=O) groups excluding carboxylic acids is 1. The molecule has 1 aromatic carbocycles. The lowest BCUT2D eigenvalue weighted by Gasteiger charge is -2.31. The average molecular weight is 304 g/mol. The summed E-state index contributed by atoms with van der Waals surface area (Å²) >= 11 is 0. The van der Waals surface area contributed by atoms with Crippen molar-refractivity contribution in [3.05, 3.63) is 34.9 Å². The van der Waals surface area contributed by atoms with E-state index in [1.165, 1.54) is 18.4 Å². The normalized spacial score (nSPS) is 18.2. The van der Waals surface area contributed by atoms with Crippen LogP contribution in [0.25, 0.3) is 0 Å². The Morgan fingerprint density at radius 1 is 1.32 bits per heavy atom. The van der Waals surface area contributed by atoms with Crippen LogP contribution in [0.5, 0.6) is 0 Å². The molecule has 4 heteroatoms. The molecule has 2 N–H and O–H groups in total. The first-order chi connectivity index (χ1) is 10.5. The van der Waals surface area contributed by atoms with Crippen LogP contribution >= 0.6 is 0 Å². The molecule has 1 aliphatic rings. The number of piperidine rings is 1. The van der Waals surface area contributed by atoms with Crippen LogP contribution in [-0.4, -0.2) is 48.2 Å². The highest BCUT2D eigenvalue weighted by Gasteiger charge is 2.18. The minimum atomic E-state index is -0.510. The highest BCUT2D eigenvalue weighted by atomic mass is 16.3. The molecule has 1 fully saturated rings. The molecular formula is C18H28N2O2. The zero-order chi connectivity index (χ0) is 16.1. The molecule has 2 rings (SSSR count). The van der Waals surface area contributed by atoms with Gasteiger partial charge in [-0.25, -0.2) is 0 Å². The second-order valence-electron chi connectivity index (χ2n) is 6.65. The number of nitrogens with zero attached hydrogens (tertiary/aromatic N) is 1. The minimum absolute atomic E-state index is 0.116. The molecule has 0 radical (unpaired) electrons. The zero-order valence-corrected chi connectivity index (χ0v) is 13.9.